The number of nitrogens with two attached hydrogens (primary N) is 1. The molecule has 0 saturated carbocycles. The Morgan fingerprint density at radius 1 is 1.71 bits per heavy atom. The van der Waals surface area contributed by atoms with Gasteiger partial charge in [-0.3, -0.25) is 4.90 Å². The van der Waals surface area contributed by atoms with Gasteiger partial charge in [0.25, 0.3) is 0 Å². The van der Waals surface area contributed by atoms with Crippen molar-refractivity contribution in [1.82, 2.24) is 9.80 Å². The average molecular weight is 200 g/mol. The van der Waals surface area contributed by atoms with Gasteiger partial charge in [-0.1, -0.05) is 5.16 Å². The number of oxime groups is 1. The van der Waals surface area contributed by atoms with Crippen LogP contribution < -0.4 is 5.73 Å². The summed E-state index contributed by atoms with van der Waals surface area (Å²) < 4.78 is 0. The Morgan fingerprint density at radius 2 is 2.43 bits per heavy atom. The van der Waals surface area contributed by atoms with E-state index in [1.54, 1.807) is 0 Å². The van der Waals surface area contributed by atoms with Crippen LogP contribution in [0.15, 0.2) is 5.16 Å². The lowest BCUT2D eigenvalue weighted by Gasteiger charge is -2.25. The molecule has 3 N–H and O–H groups in total. The fourth-order valence-corrected chi connectivity index (χ4v) is 1.94. The molecular weight excluding hydrogens is 180 g/mol. The molecule has 0 aromatic heterocycles. The van der Waals surface area contributed by atoms with Crippen molar-refractivity contribution in [1.29, 1.82) is 0 Å². The first kappa shape index (κ1) is 11.3. The van der Waals surface area contributed by atoms with E-state index in [1.807, 2.05) is 7.05 Å². The Bertz CT molecular complexity index is 207. The third-order valence-electron chi connectivity index (χ3n) is 2.75. The Balaban J connectivity index is 2.29. The molecule has 0 amide bonds. The van der Waals surface area contributed by atoms with Gasteiger partial charge in [0.05, 0.1) is 6.54 Å². The fraction of sp³-hybridized carbons (Fsp3) is 0.889. The Labute approximate surface area is 85.2 Å². The van der Waals surface area contributed by atoms with E-state index in [4.69, 9.17) is 10.9 Å². The molecule has 1 aliphatic heterocycles. The molecule has 5 nitrogen and oxygen atoms in total. The molecule has 0 aromatic rings. The van der Waals surface area contributed by atoms with Crippen molar-refractivity contribution in [2.45, 2.75) is 18.9 Å². The first-order valence-electron chi connectivity index (χ1n) is 4.98. The number of likely N-dealkylation sites (N-methyl/N-ethyl adjacent to an activating group) is 2. The smallest absolute Gasteiger partial charge is 0.153 e. The average Bonchev–Trinajstić information content (AvgIpc) is 2.51. The van der Waals surface area contributed by atoms with E-state index in [-0.39, 0.29) is 5.84 Å². The van der Waals surface area contributed by atoms with Crippen LogP contribution in [0.25, 0.3) is 0 Å². The molecule has 1 saturated heterocycles. The summed E-state index contributed by atoms with van der Waals surface area (Å²) in [7, 11) is 4.14. The Hall–Kier alpha value is -0.810. The van der Waals surface area contributed by atoms with Gasteiger partial charge in [-0.2, -0.15) is 0 Å². The molecular formula is C9H20N4O. The van der Waals surface area contributed by atoms with Crippen LogP contribution in [0.1, 0.15) is 12.8 Å². The number of amidine groups is 1. The summed E-state index contributed by atoms with van der Waals surface area (Å²) >= 11 is 0. The van der Waals surface area contributed by atoms with E-state index in [0.717, 1.165) is 6.54 Å². The minimum atomic E-state index is 0.271. The van der Waals surface area contributed by atoms with Gasteiger partial charge < -0.3 is 15.8 Å². The third-order valence-corrected chi connectivity index (χ3v) is 2.75. The van der Waals surface area contributed by atoms with Gasteiger partial charge in [0.1, 0.15) is 0 Å². The van der Waals surface area contributed by atoms with Gasteiger partial charge in [-0.15, -0.1) is 0 Å². The lowest BCUT2D eigenvalue weighted by molar-refractivity contribution is 0.233. The molecule has 0 spiro atoms. The lowest BCUT2D eigenvalue weighted by atomic mass is 10.2. The molecule has 1 rings (SSSR count). The molecule has 82 valence electrons. The van der Waals surface area contributed by atoms with Crippen LogP contribution >= 0.6 is 0 Å². The molecule has 0 aromatic carbocycles. The molecule has 1 heterocycles. The highest BCUT2D eigenvalue weighted by atomic mass is 16.4. The van der Waals surface area contributed by atoms with Crippen molar-refractivity contribution in [2.24, 2.45) is 10.9 Å². The number of rotatable bonds is 4. The predicted octanol–water partition coefficient (Wildman–Crippen LogP) is -0.241. The van der Waals surface area contributed by atoms with Crippen LogP contribution in [0.3, 0.4) is 0 Å². The van der Waals surface area contributed by atoms with Crippen molar-refractivity contribution in [2.75, 3.05) is 33.7 Å². The zero-order valence-electron chi connectivity index (χ0n) is 8.98. The zero-order chi connectivity index (χ0) is 10.6. The van der Waals surface area contributed by atoms with Crippen molar-refractivity contribution < 1.29 is 5.21 Å². The molecule has 0 bridgehead atoms. The van der Waals surface area contributed by atoms with Gasteiger partial charge in [0, 0.05) is 12.6 Å². The van der Waals surface area contributed by atoms with E-state index in [0.29, 0.717) is 12.6 Å². The normalized spacial score (nSPS) is 24.8. The van der Waals surface area contributed by atoms with Crippen LogP contribution in [0.2, 0.25) is 0 Å². The van der Waals surface area contributed by atoms with Crippen LogP contribution in [0.4, 0.5) is 0 Å². The number of nitrogens with zero attached hydrogens (tertiary/aromatic N) is 3. The van der Waals surface area contributed by atoms with Crippen molar-refractivity contribution >= 4 is 5.84 Å². The first-order chi connectivity index (χ1) is 6.63. The summed E-state index contributed by atoms with van der Waals surface area (Å²) in [6.45, 7) is 2.69. The molecule has 1 fully saturated rings. The van der Waals surface area contributed by atoms with Crippen LogP contribution in [0, 0.1) is 0 Å². The van der Waals surface area contributed by atoms with Crippen LogP contribution in [-0.2, 0) is 0 Å². The second-order valence-corrected chi connectivity index (χ2v) is 4.06. The molecule has 1 atom stereocenters. The van der Waals surface area contributed by atoms with E-state index >= 15 is 0 Å². The van der Waals surface area contributed by atoms with Crippen molar-refractivity contribution in [3.8, 4) is 0 Å². The van der Waals surface area contributed by atoms with Crippen LogP contribution in [-0.4, -0.2) is 60.6 Å². The monoisotopic (exact) mass is 200 g/mol. The van der Waals surface area contributed by atoms with Crippen LogP contribution in [0.5, 0.6) is 0 Å². The highest BCUT2D eigenvalue weighted by Crippen LogP contribution is 2.14. The molecule has 0 radical (unpaired) electrons. The summed E-state index contributed by atoms with van der Waals surface area (Å²) in [5.74, 6) is 0.271. The minimum absolute atomic E-state index is 0.271. The molecule has 1 unspecified atom stereocenters. The first-order valence-corrected chi connectivity index (χ1v) is 4.98. The molecule has 14 heavy (non-hydrogen) atoms. The maximum atomic E-state index is 8.42. The minimum Gasteiger partial charge on any atom is -0.409 e. The highest BCUT2D eigenvalue weighted by Gasteiger charge is 2.22. The van der Waals surface area contributed by atoms with Gasteiger partial charge in [0.2, 0.25) is 0 Å². The topological polar surface area (TPSA) is 65.1 Å². The largest absolute Gasteiger partial charge is 0.409 e. The van der Waals surface area contributed by atoms with E-state index < -0.39 is 0 Å². The van der Waals surface area contributed by atoms with Gasteiger partial charge in [-0.25, -0.2) is 0 Å². The third kappa shape index (κ3) is 3.16. The summed E-state index contributed by atoms with van der Waals surface area (Å²) in [6.07, 6.45) is 2.52. The predicted molar refractivity (Wildman–Crippen MR) is 56.6 cm³/mol. The zero-order valence-corrected chi connectivity index (χ0v) is 8.98. The summed E-state index contributed by atoms with van der Waals surface area (Å²) in [5, 5.41) is 11.4. The maximum absolute atomic E-state index is 8.42. The van der Waals surface area contributed by atoms with Gasteiger partial charge in [0.15, 0.2) is 5.84 Å². The van der Waals surface area contributed by atoms with Crippen molar-refractivity contribution in [3.05, 3.63) is 0 Å². The highest BCUT2D eigenvalue weighted by molar-refractivity contribution is 5.81. The Kier molecular flexibility index (Phi) is 4.16. The maximum Gasteiger partial charge on any atom is 0.153 e. The Morgan fingerprint density at radius 3 is 2.93 bits per heavy atom. The fourth-order valence-electron chi connectivity index (χ4n) is 1.94. The van der Waals surface area contributed by atoms with Crippen molar-refractivity contribution in [3.63, 3.8) is 0 Å². The van der Waals surface area contributed by atoms with E-state index in [2.05, 4.69) is 22.0 Å². The second kappa shape index (κ2) is 5.17. The van der Waals surface area contributed by atoms with Gasteiger partial charge >= 0.3 is 0 Å². The van der Waals surface area contributed by atoms with E-state index in [9.17, 15) is 0 Å². The SMILES string of the molecule is CN(CC(N)=NO)CC1CCCN1C. The summed E-state index contributed by atoms with van der Waals surface area (Å²) in [6, 6.07) is 0.617. The standard InChI is InChI=1S/C9H20N4O/c1-12(7-9(10)11-14)6-8-4-3-5-13(8)2/h8,14H,3-7H2,1-2H3,(H2,10,11). The summed E-state index contributed by atoms with van der Waals surface area (Å²) in [4.78, 5) is 4.45. The second-order valence-electron chi connectivity index (χ2n) is 4.06. The molecule has 0 aliphatic carbocycles. The van der Waals surface area contributed by atoms with Gasteiger partial charge in [-0.05, 0) is 33.5 Å². The summed E-state index contributed by atoms with van der Waals surface area (Å²) in [5.41, 5.74) is 5.43. The van der Waals surface area contributed by atoms with E-state index in [1.165, 1.54) is 19.4 Å². The quantitative estimate of drug-likeness (QED) is 0.284. The number of likely N-dealkylation sites (tertiary alicyclic amines) is 1. The molecule has 5 heteroatoms. The number of hydrogen-bond acceptors (Lipinski definition) is 4. The molecule has 1 aliphatic rings. The number of hydrogen-bond donors (Lipinski definition) is 2. The lowest BCUT2D eigenvalue weighted by Crippen LogP contribution is -2.40.